The van der Waals surface area contributed by atoms with E-state index in [1.165, 1.54) is 0 Å². The Morgan fingerprint density at radius 3 is 2.00 bits per heavy atom. The van der Waals surface area contributed by atoms with Gasteiger partial charge in [0.25, 0.3) is 0 Å². The predicted octanol–water partition coefficient (Wildman–Crippen LogP) is -0.712. The molecule has 0 heterocycles. The van der Waals surface area contributed by atoms with Crippen LogP contribution in [-0.4, -0.2) is 63.2 Å². The molecule has 0 aromatic carbocycles. The molecule has 11 heteroatoms. The Morgan fingerprint density at radius 2 is 1.50 bits per heavy atom. The van der Waals surface area contributed by atoms with Crippen molar-refractivity contribution in [2.75, 3.05) is 0 Å². The van der Waals surface area contributed by atoms with Gasteiger partial charge in [-0.2, -0.15) is 0 Å². The lowest BCUT2D eigenvalue weighted by molar-refractivity contribution is -0.145. The molecule has 0 radical (unpaired) electrons. The van der Waals surface area contributed by atoms with Crippen LogP contribution in [0.25, 0.3) is 0 Å². The first kappa shape index (κ1) is 23.3. The van der Waals surface area contributed by atoms with Crippen molar-refractivity contribution in [3.8, 4) is 0 Å². The summed E-state index contributed by atoms with van der Waals surface area (Å²) in [4.78, 5) is 57.7. The van der Waals surface area contributed by atoms with E-state index in [0.717, 1.165) is 19.3 Å². The molecule has 0 spiro atoms. The largest absolute Gasteiger partial charge is 0.481 e. The molecule has 0 saturated heterocycles. The highest BCUT2D eigenvalue weighted by Crippen LogP contribution is 2.26. The van der Waals surface area contributed by atoms with Crippen LogP contribution in [0.1, 0.15) is 51.4 Å². The van der Waals surface area contributed by atoms with Crippen molar-refractivity contribution in [3.63, 3.8) is 0 Å². The highest BCUT2D eigenvalue weighted by atomic mass is 16.4. The van der Waals surface area contributed by atoms with E-state index in [2.05, 4.69) is 10.6 Å². The summed E-state index contributed by atoms with van der Waals surface area (Å²) >= 11 is 0. The average molecular weight is 401 g/mol. The van der Waals surface area contributed by atoms with Gasteiger partial charge >= 0.3 is 17.9 Å². The van der Waals surface area contributed by atoms with Crippen LogP contribution in [0.5, 0.6) is 0 Å². The second kappa shape index (κ2) is 11.2. The molecule has 0 unspecified atom stereocenters. The number of carboxylic acid groups (broad SMARTS) is 3. The summed E-state index contributed by atoms with van der Waals surface area (Å²) in [6, 6.07) is -3.94. The first-order chi connectivity index (χ1) is 13.1. The van der Waals surface area contributed by atoms with Crippen LogP contribution in [-0.2, 0) is 24.0 Å². The minimum atomic E-state index is -1.52. The SMILES string of the molecule is N[C@@H](CCC(=O)O)C(=O)N[C@@H](CC(=O)O)C(=O)N[C@H](C(=O)O)C1CCCCC1. The Balaban J connectivity index is 2.79. The standard InChI is InChI=1S/C17H27N3O8/c18-10(6-7-12(21)22)15(25)19-11(8-13(23)24)16(26)20-14(17(27)28)9-4-2-1-3-5-9/h9-11,14H,1-8,18H2,(H,19,25)(H,20,26)(H,21,22)(H,23,24)(H,27,28)/t10-,11-,14-/m0/s1. The van der Waals surface area contributed by atoms with E-state index in [-0.39, 0.29) is 18.8 Å². The predicted molar refractivity (Wildman–Crippen MR) is 95.2 cm³/mol. The lowest BCUT2D eigenvalue weighted by Crippen LogP contribution is -2.56. The monoisotopic (exact) mass is 401 g/mol. The zero-order valence-corrected chi connectivity index (χ0v) is 15.4. The maximum absolute atomic E-state index is 12.5. The van der Waals surface area contributed by atoms with Crippen LogP contribution in [0.2, 0.25) is 0 Å². The van der Waals surface area contributed by atoms with E-state index in [1.807, 2.05) is 0 Å². The van der Waals surface area contributed by atoms with Crippen molar-refractivity contribution in [3.05, 3.63) is 0 Å². The average Bonchev–Trinajstić information content (AvgIpc) is 2.63. The Hall–Kier alpha value is -2.69. The number of carboxylic acids is 3. The number of hydrogen-bond donors (Lipinski definition) is 6. The van der Waals surface area contributed by atoms with Gasteiger partial charge in [0.2, 0.25) is 11.8 Å². The number of amides is 2. The van der Waals surface area contributed by atoms with Crippen LogP contribution in [0.4, 0.5) is 0 Å². The molecular weight excluding hydrogens is 374 g/mol. The van der Waals surface area contributed by atoms with Crippen molar-refractivity contribution in [2.24, 2.45) is 11.7 Å². The summed E-state index contributed by atoms with van der Waals surface area (Å²) in [5, 5.41) is 31.6. The fourth-order valence-corrected chi connectivity index (χ4v) is 3.18. The van der Waals surface area contributed by atoms with Gasteiger partial charge in [0.05, 0.1) is 12.5 Å². The number of nitrogens with one attached hydrogen (secondary N) is 2. The van der Waals surface area contributed by atoms with Gasteiger partial charge in [0.15, 0.2) is 0 Å². The maximum atomic E-state index is 12.5. The van der Waals surface area contributed by atoms with Crippen molar-refractivity contribution in [1.29, 1.82) is 0 Å². The van der Waals surface area contributed by atoms with Crippen LogP contribution in [0, 0.1) is 5.92 Å². The Morgan fingerprint density at radius 1 is 0.893 bits per heavy atom. The quantitative estimate of drug-likeness (QED) is 0.259. The van der Waals surface area contributed by atoms with Gasteiger partial charge in [-0.15, -0.1) is 0 Å². The number of rotatable bonds is 11. The molecule has 2 amide bonds. The third kappa shape index (κ3) is 7.91. The normalized spacial score (nSPS) is 17.8. The summed E-state index contributed by atoms with van der Waals surface area (Å²) in [5.41, 5.74) is 5.56. The fraction of sp³-hybridized carbons (Fsp3) is 0.706. The number of carbonyl (C=O) groups is 5. The Bertz CT molecular complexity index is 603. The van der Waals surface area contributed by atoms with Gasteiger partial charge < -0.3 is 31.7 Å². The molecule has 28 heavy (non-hydrogen) atoms. The van der Waals surface area contributed by atoms with Gasteiger partial charge in [0.1, 0.15) is 12.1 Å². The van der Waals surface area contributed by atoms with Crippen molar-refractivity contribution in [2.45, 2.75) is 69.5 Å². The summed E-state index contributed by atoms with van der Waals surface area (Å²) in [5.74, 6) is -5.83. The molecule has 1 rings (SSSR count). The molecule has 7 N–H and O–H groups in total. The van der Waals surface area contributed by atoms with E-state index in [0.29, 0.717) is 12.8 Å². The topological polar surface area (TPSA) is 196 Å². The summed E-state index contributed by atoms with van der Waals surface area (Å²) < 4.78 is 0. The molecular formula is C17H27N3O8. The third-order valence-electron chi connectivity index (χ3n) is 4.70. The lowest BCUT2D eigenvalue weighted by Gasteiger charge is -2.29. The Labute approximate surface area is 161 Å². The van der Waals surface area contributed by atoms with Gasteiger partial charge in [-0.25, -0.2) is 4.79 Å². The summed E-state index contributed by atoms with van der Waals surface area (Å²) in [7, 11) is 0. The molecule has 0 aliphatic heterocycles. The minimum Gasteiger partial charge on any atom is -0.481 e. The first-order valence-corrected chi connectivity index (χ1v) is 9.14. The van der Waals surface area contributed by atoms with Crippen LogP contribution in [0.15, 0.2) is 0 Å². The van der Waals surface area contributed by atoms with E-state index in [9.17, 15) is 29.1 Å². The van der Waals surface area contributed by atoms with Crippen LogP contribution >= 0.6 is 0 Å². The fourth-order valence-electron chi connectivity index (χ4n) is 3.18. The second-order valence-electron chi connectivity index (χ2n) is 6.92. The van der Waals surface area contributed by atoms with E-state index in [1.54, 1.807) is 0 Å². The van der Waals surface area contributed by atoms with E-state index < -0.39 is 54.3 Å². The number of carbonyl (C=O) groups excluding carboxylic acids is 2. The molecule has 1 aliphatic rings. The number of nitrogens with two attached hydrogens (primary N) is 1. The van der Waals surface area contributed by atoms with Gasteiger partial charge in [-0.1, -0.05) is 19.3 Å². The zero-order chi connectivity index (χ0) is 21.3. The smallest absolute Gasteiger partial charge is 0.326 e. The molecule has 3 atom stereocenters. The van der Waals surface area contributed by atoms with Crippen LogP contribution in [0.3, 0.4) is 0 Å². The van der Waals surface area contributed by atoms with Crippen molar-refractivity contribution < 1.29 is 39.3 Å². The van der Waals surface area contributed by atoms with E-state index in [4.69, 9.17) is 15.9 Å². The van der Waals surface area contributed by atoms with Gasteiger partial charge in [-0.3, -0.25) is 19.2 Å². The number of hydrogen-bond acceptors (Lipinski definition) is 6. The molecule has 0 aromatic rings. The second-order valence-corrected chi connectivity index (χ2v) is 6.92. The highest BCUT2D eigenvalue weighted by Gasteiger charge is 2.34. The van der Waals surface area contributed by atoms with Crippen LogP contribution < -0.4 is 16.4 Å². The molecule has 1 fully saturated rings. The molecule has 1 aliphatic carbocycles. The molecule has 1 saturated carbocycles. The number of aliphatic carboxylic acids is 3. The first-order valence-electron chi connectivity index (χ1n) is 9.14. The molecule has 0 aromatic heterocycles. The maximum Gasteiger partial charge on any atom is 0.326 e. The lowest BCUT2D eigenvalue weighted by atomic mass is 9.83. The summed E-state index contributed by atoms with van der Waals surface area (Å²) in [6.07, 6.45) is 2.62. The molecule has 158 valence electrons. The highest BCUT2D eigenvalue weighted by molar-refractivity contribution is 5.94. The van der Waals surface area contributed by atoms with Crippen molar-refractivity contribution in [1.82, 2.24) is 10.6 Å². The molecule has 0 bridgehead atoms. The minimum absolute atomic E-state index is 0.192. The van der Waals surface area contributed by atoms with Gasteiger partial charge in [0, 0.05) is 6.42 Å². The van der Waals surface area contributed by atoms with Crippen molar-refractivity contribution >= 4 is 29.7 Å². The molecule has 11 nitrogen and oxygen atoms in total. The third-order valence-corrected chi connectivity index (χ3v) is 4.70. The zero-order valence-electron chi connectivity index (χ0n) is 15.4. The Kier molecular flexibility index (Phi) is 9.36. The van der Waals surface area contributed by atoms with Gasteiger partial charge in [-0.05, 0) is 25.2 Å². The summed E-state index contributed by atoms with van der Waals surface area (Å²) in [6.45, 7) is 0. The van der Waals surface area contributed by atoms with E-state index >= 15 is 0 Å².